The average molecular weight is 231 g/mol. The number of benzene rings is 1. The van der Waals surface area contributed by atoms with Gasteiger partial charge < -0.3 is 10.8 Å². The topological polar surface area (TPSA) is 81.1 Å². The molecule has 17 heavy (non-hydrogen) atoms. The molecule has 0 aliphatic carbocycles. The van der Waals surface area contributed by atoms with Gasteiger partial charge in [-0.3, -0.25) is 4.79 Å². The van der Waals surface area contributed by atoms with Gasteiger partial charge in [0.1, 0.15) is 12.1 Å². The minimum Gasteiger partial charge on any atom is -0.394 e. The van der Waals surface area contributed by atoms with Gasteiger partial charge in [-0.05, 0) is 5.56 Å². The highest BCUT2D eigenvalue weighted by atomic mass is 16.3. The number of hydrogen-bond donors (Lipinski definition) is 2. The standard InChI is InChI=1S/C12H13N3O2/c13-12-11(7-14-15(12)5-6-16)10-3-1-9(8-17)2-4-10/h1-4,7-8,16H,5-6,13H2. The van der Waals surface area contributed by atoms with Crippen molar-refractivity contribution in [1.29, 1.82) is 0 Å². The minimum atomic E-state index is -0.00456. The number of anilines is 1. The van der Waals surface area contributed by atoms with Crippen molar-refractivity contribution in [2.24, 2.45) is 0 Å². The second-order valence-corrected chi connectivity index (χ2v) is 3.63. The first-order valence-corrected chi connectivity index (χ1v) is 5.24. The second kappa shape index (κ2) is 4.80. The molecule has 0 spiro atoms. The number of carbonyl (C=O) groups excluding carboxylic acids is 1. The Morgan fingerprint density at radius 1 is 1.35 bits per heavy atom. The highest BCUT2D eigenvalue weighted by molar-refractivity contribution is 5.79. The summed E-state index contributed by atoms with van der Waals surface area (Å²) >= 11 is 0. The fourth-order valence-electron chi connectivity index (χ4n) is 1.63. The highest BCUT2D eigenvalue weighted by Crippen LogP contribution is 2.25. The predicted molar refractivity (Wildman–Crippen MR) is 64.5 cm³/mol. The molecule has 1 heterocycles. The van der Waals surface area contributed by atoms with E-state index in [9.17, 15) is 4.79 Å². The van der Waals surface area contributed by atoms with Crippen LogP contribution in [0.3, 0.4) is 0 Å². The minimum absolute atomic E-state index is 0.00456. The van der Waals surface area contributed by atoms with Crippen molar-refractivity contribution in [3.63, 3.8) is 0 Å². The molecule has 1 aromatic carbocycles. The van der Waals surface area contributed by atoms with Crippen LogP contribution in [-0.2, 0) is 6.54 Å². The normalized spacial score (nSPS) is 10.4. The number of nitrogen functional groups attached to an aromatic ring is 1. The van der Waals surface area contributed by atoms with Gasteiger partial charge in [-0.2, -0.15) is 5.10 Å². The Morgan fingerprint density at radius 2 is 2.06 bits per heavy atom. The number of aliphatic hydroxyl groups excluding tert-OH is 1. The van der Waals surface area contributed by atoms with Gasteiger partial charge in [-0.15, -0.1) is 0 Å². The molecule has 0 amide bonds. The van der Waals surface area contributed by atoms with Crippen molar-refractivity contribution in [2.45, 2.75) is 6.54 Å². The SMILES string of the molecule is Nc1c(-c2ccc(C=O)cc2)cnn1CCO. The monoisotopic (exact) mass is 231 g/mol. The molecule has 0 unspecified atom stereocenters. The molecule has 2 rings (SSSR count). The molecule has 5 heteroatoms. The molecule has 0 saturated carbocycles. The molecule has 88 valence electrons. The van der Waals surface area contributed by atoms with Gasteiger partial charge in [0.05, 0.1) is 19.3 Å². The number of carbonyl (C=O) groups is 1. The lowest BCUT2D eigenvalue weighted by Crippen LogP contribution is -2.07. The van der Waals surface area contributed by atoms with Crippen LogP contribution in [0, 0.1) is 0 Å². The van der Waals surface area contributed by atoms with Crippen molar-refractivity contribution in [1.82, 2.24) is 9.78 Å². The number of aliphatic hydroxyl groups is 1. The Kier molecular flexibility index (Phi) is 3.20. The van der Waals surface area contributed by atoms with E-state index in [1.807, 2.05) is 12.1 Å². The maximum atomic E-state index is 10.5. The Balaban J connectivity index is 2.35. The average Bonchev–Trinajstić information content (AvgIpc) is 2.72. The Hall–Kier alpha value is -2.14. The van der Waals surface area contributed by atoms with Gasteiger partial charge in [0.2, 0.25) is 0 Å². The summed E-state index contributed by atoms with van der Waals surface area (Å²) in [6.45, 7) is 0.369. The van der Waals surface area contributed by atoms with E-state index in [-0.39, 0.29) is 6.61 Å². The van der Waals surface area contributed by atoms with Crippen molar-refractivity contribution >= 4 is 12.1 Å². The van der Waals surface area contributed by atoms with Crippen LogP contribution in [0.2, 0.25) is 0 Å². The molecule has 5 nitrogen and oxygen atoms in total. The maximum absolute atomic E-state index is 10.5. The molecule has 0 aliphatic rings. The van der Waals surface area contributed by atoms with Crippen molar-refractivity contribution < 1.29 is 9.90 Å². The van der Waals surface area contributed by atoms with Crippen LogP contribution < -0.4 is 5.73 Å². The van der Waals surface area contributed by atoms with E-state index in [1.165, 1.54) is 0 Å². The van der Waals surface area contributed by atoms with E-state index >= 15 is 0 Å². The van der Waals surface area contributed by atoms with Crippen molar-refractivity contribution in [3.8, 4) is 11.1 Å². The molecule has 1 aromatic heterocycles. The smallest absolute Gasteiger partial charge is 0.150 e. The molecule has 0 atom stereocenters. The molecule has 0 saturated heterocycles. The van der Waals surface area contributed by atoms with E-state index in [1.54, 1.807) is 23.0 Å². The number of aldehydes is 1. The molecule has 3 N–H and O–H groups in total. The first-order chi connectivity index (χ1) is 8.26. The van der Waals surface area contributed by atoms with Crippen LogP contribution in [0.4, 0.5) is 5.82 Å². The van der Waals surface area contributed by atoms with Gasteiger partial charge in [0.15, 0.2) is 0 Å². The highest BCUT2D eigenvalue weighted by Gasteiger charge is 2.08. The molecule has 0 radical (unpaired) electrons. The summed E-state index contributed by atoms with van der Waals surface area (Å²) in [5.74, 6) is 0.512. The van der Waals surface area contributed by atoms with Gasteiger partial charge in [-0.25, -0.2) is 4.68 Å². The lowest BCUT2D eigenvalue weighted by Gasteiger charge is -2.03. The number of aromatic nitrogens is 2. The lowest BCUT2D eigenvalue weighted by atomic mass is 10.1. The summed E-state index contributed by atoms with van der Waals surface area (Å²) in [5.41, 5.74) is 8.23. The number of rotatable bonds is 4. The third-order valence-corrected chi connectivity index (χ3v) is 2.55. The van der Waals surface area contributed by atoms with Crippen LogP contribution >= 0.6 is 0 Å². The number of nitrogens with two attached hydrogens (primary N) is 1. The first kappa shape index (κ1) is 11.3. The predicted octanol–water partition coefficient (Wildman–Crippen LogP) is 0.937. The van der Waals surface area contributed by atoms with Crippen molar-refractivity contribution in [2.75, 3.05) is 12.3 Å². The molecule has 2 aromatic rings. The van der Waals surface area contributed by atoms with Crippen LogP contribution in [0.1, 0.15) is 10.4 Å². The summed E-state index contributed by atoms with van der Waals surface area (Å²) in [7, 11) is 0. The van der Waals surface area contributed by atoms with E-state index in [2.05, 4.69) is 5.10 Å². The Bertz CT molecular complexity index is 517. The Labute approximate surface area is 98.5 Å². The summed E-state index contributed by atoms with van der Waals surface area (Å²) in [6, 6.07) is 7.09. The fourth-order valence-corrected chi connectivity index (χ4v) is 1.63. The summed E-state index contributed by atoms with van der Waals surface area (Å²) in [6.07, 6.45) is 2.45. The first-order valence-electron chi connectivity index (χ1n) is 5.24. The molecular weight excluding hydrogens is 218 g/mol. The second-order valence-electron chi connectivity index (χ2n) is 3.63. The number of nitrogens with zero attached hydrogens (tertiary/aromatic N) is 2. The van der Waals surface area contributed by atoms with E-state index in [0.29, 0.717) is 17.9 Å². The summed E-state index contributed by atoms with van der Waals surface area (Å²) in [5, 5.41) is 12.9. The van der Waals surface area contributed by atoms with Gasteiger partial charge in [0, 0.05) is 11.1 Å². The summed E-state index contributed by atoms with van der Waals surface area (Å²) in [4.78, 5) is 10.5. The summed E-state index contributed by atoms with van der Waals surface area (Å²) < 4.78 is 1.54. The van der Waals surface area contributed by atoms with Crippen molar-refractivity contribution in [3.05, 3.63) is 36.0 Å². The van der Waals surface area contributed by atoms with E-state index in [0.717, 1.165) is 17.4 Å². The van der Waals surface area contributed by atoms with Crippen LogP contribution in [-0.4, -0.2) is 27.8 Å². The van der Waals surface area contributed by atoms with E-state index in [4.69, 9.17) is 10.8 Å². The zero-order valence-electron chi connectivity index (χ0n) is 9.21. The third-order valence-electron chi connectivity index (χ3n) is 2.55. The van der Waals surface area contributed by atoms with Gasteiger partial charge in [0.25, 0.3) is 0 Å². The van der Waals surface area contributed by atoms with Crippen LogP contribution in [0.5, 0.6) is 0 Å². The fraction of sp³-hybridized carbons (Fsp3) is 0.167. The van der Waals surface area contributed by atoms with Gasteiger partial charge >= 0.3 is 0 Å². The zero-order chi connectivity index (χ0) is 12.3. The number of hydrogen-bond acceptors (Lipinski definition) is 4. The third kappa shape index (κ3) is 2.19. The van der Waals surface area contributed by atoms with Crippen LogP contribution in [0.25, 0.3) is 11.1 Å². The lowest BCUT2D eigenvalue weighted by molar-refractivity contribution is 0.112. The van der Waals surface area contributed by atoms with Crippen LogP contribution in [0.15, 0.2) is 30.5 Å². The molecule has 0 bridgehead atoms. The largest absolute Gasteiger partial charge is 0.394 e. The van der Waals surface area contributed by atoms with Gasteiger partial charge in [-0.1, -0.05) is 24.3 Å². The molecular formula is C12H13N3O2. The zero-order valence-corrected chi connectivity index (χ0v) is 9.21. The quantitative estimate of drug-likeness (QED) is 0.767. The molecule has 0 aliphatic heterocycles. The van der Waals surface area contributed by atoms with E-state index < -0.39 is 0 Å². The maximum Gasteiger partial charge on any atom is 0.150 e. The molecule has 0 fully saturated rings. The Morgan fingerprint density at radius 3 is 2.65 bits per heavy atom.